The van der Waals surface area contributed by atoms with Gasteiger partial charge in [0.15, 0.2) is 17.1 Å². The molecular weight excluding hydrogens is 655 g/mol. The number of halogens is 2. The number of rotatable bonds is 8. The van der Waals surface area contributed by atoms with Crippen LogP contribution in [0.25, 0.3) is 0 Å². The fourth-order valence-corrected chi connectivity index (χ4v) is 6.08. The molecule has 0 unspecified atom stereocenters. The minimum atomic E-state index is -1.67. The first kappa shape index (κ1) is 31.8. The van der Waals surface area contributed by atoms with E-state index in [0.29, 0.717) is 18.4 Å². The topological polar surface area (TPSA) is 155 Å². The van der Waals surface area contributed by atoms with Gasteiger partial charge < -0.3 is 24.3 Å². The molecule has 0 bridgehead atoms. The number of benzene rings is 3. The van der Waals surface area contributed by atoms with Gasteiger partial charge in [-0.2, -0.15) is 0 Å². The Morgan fingerprint density at radius 3 is 1.94 bits per heavy atom. The van der Waals surface area contributed by atoms with Crippen LogP contribution in [-0.4, -0.2) is 53.6 Å². The SMILES string of the molecule is CC(=O)Oc1cc2c(cc1Cl)C1(OC(=O)c3cc(C(=O)NCCCCN4C(=O)C=CC4=O)ccc31)c1cc(Cl)c(OC(C)=O)cc1O2. The van der Waals surface area contributed by atoms with Crippen LogP contribution < -0.4 is 19.5 Å². The van der Waals surface area contributed by atoms with E-state index in [-0.39, 0.29) is 80.2 Å². The van der Waals surface area contributed by atoms with Crippen LogP contribution in [0.3, 0.4) is 0 Å². The highest BCUT2D eigenvalue weighted by molar-refractivity contribution is 6.33. The fraction of sp³-hybridized carbons (Fsp3) is 0.212. The van der Waals surface area contributed by atoms with Crippen molar-refractivity contribution in [1.29, 1.82) is 0 Å². The number of hydrogen-bond acceptors (Lipinski definition) is 10. The molecule has 12 nitrogen and oxygen atoms in total. The molecule has 240 valence electrons. The smallest absolute Gasteiger partial charge is 0.340 e. The Labute approximate surface area is 277 Å². The van der Waals surface area contributed by atoms with Crippen molar-refractivity contribution in [2.24, 2.45) is 0 Å². The van der Waals surface area contributed by atoms with Crippen LogP contribution in [0, 0.1) is 0 Å². The molecular formula is C33H24Cl2N2O10. The normalized spacial score (nSPS) is 15.1. The number of carbonyl (C=O) groups is 6. The third-order valence-electron chi connectivity index (χ3n) is 7.68. The van der Waals surface area contributed by atoms with E-state index in [1.165, 1.54) is 62.4 Å². The van der Waals surface area contributed by atoms with E-state index in [4.69, 9.17) is 42.1 Å². The predicted molar refractivity (Wildman–Crippen MR) is 165 cm³/mol. The van der Waals surface area contributed by atoms with Gasteiger partial charge in [-0.25, -0.2) is 4.79 Å². The van der Waals surface area contributed by atoms with Crippen LogP contribution in [0.1, 0.15) is 64.1 Å². The molecule has 0 aromatic heterocycles. The average Bonchev–Trinajstić information content (AvgIpc) is 3.49. The molecule has 3 aromatic carbocycles. The molecule has 1 N–H and O–H groups in total. The monoisotopic (exact) mass is 678 g/mol. The first-order chi connectivity index (χ1) is 22.4. The summed E-state index contributed by atoms with van der Waals surface area (Å²) in [6.45, 7) is 2.91. The second kappa shape index (κ2) is 12.2. The van der Waals surface area contributed by atoms with Crippen LogP contribution >= 0.6 is 23.2 Å². The Bertz CT molecular complexity index is 1860. The van der Waals surface area contributed by atoms with E-state index < -0.39 is 29.4 Å². The number of fused-ring (bicyclic) bond motifs is 6. The number of esters is 3. The van der Waals surface area contributed by atoms with Gasteiger partial charge in [0.1, 0.15) is 11.5 Å². The summed E-state index contributed by atoms with van der Waals surface area (Å²) >= 11 is 13.0. The lowest BCUT2D eigenvalue weighted by Crippen LogP contribution is -2.33. The molecule has 0 atom stereocenters. The Kier molecular flexibility index (Phi) is 8.24. The van der Waals surface area contributed by atoms with Crippen LogP contribution in [0.4, 0.5) is 0 Å². The van der Waals surface area contributed by atoms with E-state index >= 15 is 0 Å². The number of ether oxygens (including phenoxy) is 4. The summed E-state index contributed by atoms with van der Waals surface area (Å²) < 4.78 is 22.7. The first-order valence-corrected chi connectivity index (χ1v) is 15.1. The maximum absolute atomic E-state index is 13.5. The quantitative estimate of drug-likeness (QED) is 0.151. The van der Waals surface area contributed by atoms with Gasteiger partial charge >= 0.3 is 17.9 Å². The molecule has 6 rings (SSSR count). The van der Waals surface area contributed by atoms with Gasteiger partial charge in [0.25, 0.3) is 17.7 Å². The number of carbonyl (C=O) groups excluding carboxylic acids is 6. The first-order valence-electron chi connectivity index (χ1n) is 14.3. The van der Waals surface area contributed by atoms with E-state index in [0.717, 1.165) is 4.90 Å². The van der Waals surface area contributed by atoms with E-state index in [1.54, 1.807) is 6.07 Å². The van der Waals surface area contributed by atoms with Crippen LogP contribution in [0.15, 0.2) is 54.6 Å². The Morgan fingerprint density at radius 1 is 0.809 bits per heavy atom. The molecule has 0 saturated carbocycles. The zero-order valence-corrected chi connectivity index (χ0v) is 26.3. The molecule has 3 amide bonds. The zero-order chi connectivity index (χ0) is 33.6. The zero-order valence-electron chi connectivity index (χ0n) is 24.8. The van der Waals surface area contributed by atoms with Crippen molar-refractivity contribution < 1.29 is 47.7 Å². The second-order valence-corrected chi connectivity index (χ2v) is 11.6. The van der Waals surface area contributed by atoms with Crippen molar-refractivity contribution in [1.82, 2.24) is 10.2 Å². The van der Waals surface area contributed by atoms with Crippen LogP contribution in [-0.2, 0) is 29.5 Å². The number of nitrogens with one attached hydrogen (secondary N) is 1. The molecule has 3 aromatic rings. The summed E-state index contributed by atoms with van der Waals surface area (Å²) in [5, 5.41) is 2.84. The van der Waals surface area contributed by atoms with Crippen molar-refractivity contribution >= 4 is 58.8 Å². The highest BCUT2D eigenvalue weighted by atomic mass is 35.5. The van der Waals surface area contributed by atoms with E-state index in [9.17, 15) is 28.8 Å². The summed E-state index contributed by atoms with van der Waals surface area (Å²) in [4.78, 5) is 74.6. The van der Waals surface area contributed by atoms with Gasteiger partial charge in [-0.05, 0) is 37.1 Å². The number of hydrogen-bond donors (Lipinski definition) is 1. The highest BCUT2D eigenvalue weighted by Crippen LogP contribution is 2.58. The fourth-order valence-electron chi connectivity index (χ4n) is 5.68. The summed E-state index contributed by atoms with van der Waals surface area (Å²) in [7, 11) is 0. The minimum absolute atomic E-state index is 0.00227. The third-order valence-corrected chi connectivity index (χ3v) is 8.27. The lowest BCUT2D eigenvalue weighted by atomic mass is 9.77. The minimum Gasteiger partial charge on any atom is -0.456 e. The Morgan fingerprint density at radius 2 is 1.38 bits per heavy atom. The number of unbranched alkanes of at least 4 members (excludes halogenated alkanes) is 1. The number of nitrogens with zero attached hydrogens (tertiary/aromatic N) is 1. The molecule has 3 aliphatic rings. The molecule has 0 saturated heterocycles. The Balaban J connectivity index is 1.33. The van der Waals surface area contributed by atoms with Gasteiger partial charge in [0, 0.05) is 73.5 Å². The van der Waals surface area contributed by atoms with E-state index in [1.807, 2.05) is 0 Å². The standard InChI is InChI=1S/C33H24Cl2N2O10/c1-16(38)44-27-14-25-21(12-23(27)34)33(22-13-24(35)28(45-17(2)39)15-26(22)46-25)20-6-5-18(11-19(20)32(43)47-33)31(42)36-9-3-4-10-37-29(40)7-8-30(37)41/h5-8,11-15H,3-4,9-10H2,1-2H3,(H,36,42). The van der Waals surface area contributed by atoms with Gasteiger partial charge in [0.2, 0.25) is 0 Å². The van der Waals surface area contributed by atoms with Crippen molar-refractivity contribution in [2.45, 2.75) is 32.3 Å². The highest BCUT2D eigenvalue weighted by Gasteiger charge is 2.54. The molecule has 3 heterocycles. The summed E-state index contributed by atoms with van der Waals surface area (Å²) in [5.41, 5.74) is -0.457. The number of amides is 3. The molecule has 3 aliphatic heterocycles. The molecule has 0 aliphatic carbocycles. The van der Waals surface area contributed by atoms with E-state index in [2.05, 4.69) is 5.32 Å². The largest absolute Gasteiger partial charge is 0.456 e. The lowest BCUT2D eigenvalue weighted by Gasteiger charge is -2.37. The van der Waals surface area contributed by atoms with Crippen molar-refractivity contribution in [2.75, 3.05) is 13.1 Å². The summed E-state index contributed by atoms with van der Waals surface area (Å²) in [5.74, 6) is -2.93. The van der Waals surface area contributed by atoms with Crippen molar-refractivity contribution in [3.63, 3.8) is 0 Å². The maximum atomic E-state index is 13.5. The summed E-state index contributed by atoms with van der Waals surface area (Å²) in [6.07, 6.45) is 3.42. The number of imide groups is 1. The average molecular weight is 679 g/mol. The van der Waals surface area contributed by atoms with Crippen LogP contribution in [0.2, 0.25) is 10.0 Å². The van der Waals surface area contributed by atoms with Crippen molar-refractivity contribution in [3.8, 4) is 23.0 Å². The third kappa shape index (κ3) is 5.70. The molecule has 0 radical (unpaired) electrons. The lowest BCUT2D eigenvalue weighted by molar-refractivity contribution is -0.137. The second-order valence-electron chi connectivity index (χ2n) is 10.8. The molecule has 0 fully saturated rings. The molecule has 14 heteroatoms. The van der Waals surface area contributed by atoms with Crippen LogP contribution in [0.5, 0.6) is 23.0 Å². The van der Waals surface area contributed by atoms with Gasteiger partial charge in [-0.15, -0.1) is 0 Å². The van der Waals surface area contributed by atoms with Gasteiger partial charge in [0.05, 0.1) is 15.6 Å². The predicted octanol–water partition coefficient (Wildman–Crippen LogP) is 4.85. The molecule has 47 heavy (non-hydrogen) atoms. The van der Waals surface area contributed by atoms with Crippen molar-refractivity contribution in [3.05, 3.63) is 92.5 Å². The summed E-state index contributed by atoms with van der Waals surface area (Å²) in [6, 6.07) is 10.2. The maximum Gasteiger partial charge on any atom is 0.340 e. The van der Waals surface area contributed by atoms with Gasteiger partial charge in [-0.1, -0.05) is 29.3 Å². The van der Waals surface area contributed by atoms with Gasteiger partial charge in [-0.3, -0.25) is 28.9 Å². The Hall–Kier alpha value is -5.20. The molecule has 1 spiro atoms.